The number of rotatable bonds is 9. The number of nitrogens with one attached hydrogen (secondary N) is 1. The molecule has 2 saturated heterocycles. The summed E-state index contributed by atoms with van der Waals surface area (Å²) in [5, 5.41) is 5.14. The molecule has 3 aromatic carbocycles. The predicted octanol–water partition coefficient (Wildman–Crippen LogP) is 7.87. The first-order valence-electron chi connectivity index (χ1n) is 21.2. The molecule has 1 atom stereocenters. The second kappa shape index (κ2) is 16.1. The van der Waals surface area contributed by atoms with Gasteiger partial charge in [-0.3, -0.25) is 14.6 Å². The number of allylic oxidation sites excluding steroid dienone is 1. The molecule has 3 fully saturated rings. The Morgan fingerprint density at radius 2 is 1.72 bits per heavy atom. The van der Waals surface area contributed by atoms with Crippen molar-refractivity contribution in [2.75, 3.05) is 24.6 Å². The van der Waals surface area contributed by atoms with E-state index in [2.05, 4.69) is 106 Å². The number of piperidine rings is 2. The van der Waals surface area contributed by atoms with Crippen LogP contribution in [-0.2, 0) is 23.1 Å². The van der Waals surface area contributed by atoms with Crippen molar-refractivity contribution in [3.63, 3.8) is 0 Å². The number of nitrogens with zero attached hydrogens (tertiary/aromatic N) is 5. The fraction of sp³-hybridized carbons (Fsp3) is 0.320. The minimum atomic E-state index is -0.487. The molecule has 3 aliphatic heterocycles. The van der Waals surface area contributed by atoms with Gasteiger partial charge in [-0.05, 0) is 104 Å². The average molecular weight is 813 g/mol. The van der Waals surface area contributed by atoms with E-state index in [0.717, 1.165) is 72.0 Å². The molecule has 2 amide bonds. The zero-order valence-electron chi connectivity index (χ0n) is 34.5. The third kappa shape index (κ3) is 7.80. The van der Waals surface area contributed by atoms with Crippen LogP contribution in [0.4, 0.5) is 5.69 Å². The number of ether oxygens (including phenoxy) is 3. The smallest absolute Gasteiger partial charge is 0.255 e. The number of anilines is 1. The van der Waals surface area contributed by atoms with E-state index in [-0.39, 0.29) is 36.7 Å². The largest absolute Gasteiger partial charge is 0.481 e. The molecule has 0 radical (unpaired) electrons. The number of aryl methyl sites for hydroxylation is 2. The number of pyridine rings is 2. The predicted molar refractivity (Wildman–Crippen MR) is 235 cm³/mol. The van der Waals surface area contributed by atoms with E-state index < -0.39 is 6.04 Å². The van der Waals surface area contributed by atoms with Crippen molar-refractivity contribution < 1.29 is 23.8 Å². The van der Waals surface area contributed by atoms with Crippen molar-refractivity contribution in [2.45, 2.75) is 76.3 Å². The molecule has 4 aliphatic rings. The SMILES string of the molecule is C=C1CCC(N2Cc3cc(OCC#Cc4cc(C)cc(N5CCC(OC6CC(Oc7ccc(-c8ccc9c%10cnccc%10n(C)c9c8)cn7)C6)CC5)c4)ccc3C2=O)C(=O)N1. The third-order valence-corrected chi connectivity index (χ3v) is 12.6. The minimum absolute atomic E-state index is 0.116. The Bertz CT molecular complexity index is 2750. The number of fused-ring (bicyclic) bond motifs is 4. The first-order valence-corrected chi connectivity index (χ1v) is 21.2. The van der Waals surface area contributed by atoms with E-state index >= 15 is 0 Å². The summed E-state index contributed by atoms with van der Waals surface area (Å²) in [6.07, 6.45) is 11.2. The molecule has 0 bridgehead atoms. The van der Waals surface area contributed by atoms with Crippen molar-refractivity contribution in [2.24, 2.45) is 7.05 Å². The quantitative estimate of drug-likeness (QED) is 0.147. The monoisotopic (exact) mass is 812 g/mol. The van der Waals surface area contributed by atoms with Gasteiger partial charge in [-0.2, -0.15) is 0 Å². The second-order valence-corrected chi connectivity index (χ2v) is 16.8. The summed E-state index contributed by atoms with van der Waals surface area (Å²) in [4.78, 5) is 38.7. The molecule has 10 rings (SSSR count). The van der Waals surface area contributed by atoms with Crippen LogP contribution in [0.2, 0.25) is 0 Å². The standard InChI is InChI=1S/C50H48N6O5/c1-31-21-33(5-4-20-59-39-9-11-42-36(24-39)30-56(50(42)58)46-12-6-32(2)53-49(46)57)23-37(22-31)55-18-15-38(16-19-55)60-40-26-41(27-40)61-48-13-8-35(28-52-48)34-7-10-43-44-29-51-17-14-45(44)54(3)47(43)25-34/h7-11,13-14,17,21-25,28-29,38,40-41,46H,2,6,12,15-16,18-20,26-27,30H2,1,3H3,(H,53,57). The summed E-state index contributed by atoms with van der Waals surface area (Å²) in [7, 11) is 2.10. The first-order chi connectivity index (χ1) is 29.7. The molecule has 6 heterocycles. The minimum Gasteiger partial charge on any atom is -0.481 e. The lowest BCUT2D eigenvalue weighted by atomic mass is 9.91. The van der Waals surface area contributed by atoms with Crippen LogP contribution in [0, 0.1) is 18.8 Å². The Kier molecular flexibility index (Phi) is 10.2. The third-order valence-electron chi connectivity index (χ3n) is 12.6. The molecule has 1 aliphatic carbocycles. The van der Waals surface area contributed by atoms with E-state index in [9.17, 15) is 9.59 Å². The normalized spacial score (nSPS) is 20.3. The first kappa shape index (κ1) is 38.6. The van der Waals surface area contributed by atoms with Crippen molar-refractivity contribution in [1.29, 1.82) is 0 Å². The van der Waals surface area contributed by atoms with Crippen LogP contribution in [0.3, 0.4) is 0 Å². The van der Waals surface area contributed by atoms with E-state index in [1.165, 1.54) is 22.1 Å². The van der Waals surface area contributed by atoms with Crippen LogP contribution in [0.15, 0.2) is 104 Å². The summed E-state index contributed by atoms with van der Waals surface area (Å²) in [5.74, 6) is 7.46. The van der Waals surface area contributed by atoms with Crippen molar-refractivity contribution in [1.82, 2.24) is 24.8 Å². The number of carbonyl (C=O) groups excluding carboxylic acids is 2. The zero-order valence-corrected chi connectivity index (χ0v) is 34.5. The Morgan fingerprint density at radius 1 is 0.869 bits per heavy atom. The van der Waals surface area contributed by atoms with Crippen LogP contribution < -0.4 is 19.7 Å². The summed E-state index contributed by atoms with van der Waals surface area (Å²) in [6, 6.07) is 24.1. The summed E-state index contributed by atoms with van der Waals surface area (Å²) in [5.41, 5.74) is 9.97. The highest BCUT2D eigenvalue weighted by molar-refractivity contribution is 6.08. The maximum Gasteiger partial charge on any atom is 0.255 e. The molecule has 61 heavy (non-hydrogen) atoms. The summed E-state index contributed by atoms with van der Waals surface area (Å²) >= 11 is 0. The Morgan fingerprint density at radius 3 is 2.54 bits per heavy atom. The number of hydrogen-bond acceptors (Lipinski definition) is 8. The van der Waals surface area contributed by atoms with E-state index in [4.69, 9.17) is 14.2 Å². The van der Waals surface area contributed by atoms with Gasteiger partial charge in [0.15, 0.2) is 0 Å². The summed E-state index contributed by atoms with van der Waals surface area (Å²) in [6.45, 7) is 8.40. The molecule has 11 nitrogen and oxygen atoms in total. The van der Waals surface area contributed by atoms with Crippen molar-refractivity contribution >= 4 is 39.3 Å². The molecule has 3 aromatic heterocycles. The number of aromatic nitrogens is 3. The topological polar surface area (TPSA) is 111 Å². The van der Waals surface area contributed by atoms with Crippen LogP contribution in [0.5, 0.6) is 11.6 Å². The van der Waals surface area contributed by atoms with Gasteiger partial charge < -0.3 is 33.9 Å². The maximum absolute atomic E-state index is 13.1. The molecule has 0 spiro atoms. The molecule has 6 aromatic rings. The fourth-order valence-electron chi connectivity index (χ4n) is 9.27. The fourth-order valence-corrected chi connectivity index (χ4v) is 9.27. The van der Waals surface area contributed by atoms with Crippen LogP contribution in [0.25, 0.3) is 32.9 Å². The molecular weight excluding hydrogens is 765 g/mol. The number of hydrogen-bond donors (Lipinski definition) is 1. The van der Waals surface area contributed by atoms with Gasteiger partial charge >= 0.3 is 0 Å². The lowest BCUT2D eigenvalue weighted by molar-refractivity contribution is -0.126. The van der Waals surface area contributed by atoms with Crippen LogP contribution in [-0.4, -0.2) is 75.3 Å². The highest BCUT2D eigenvalue weighted by atomic mass is 16.5. The van der Waals surface area contributed by atoms with Crippen molar-refractivity contribution in [3.05, 3.63) is 126 Å². The van der Waals surface area contributed by atoms with Gasteiger partial charge in [0.2, 0.25) is 11.8 Å². The average Bonchev–Trinajstić information content (AvgIpc) is 3.73. The molecule has 308 valence electrons. The molecule has 1 unspecified atom stereocenters. The molecule has 11 heteroatoms. The highest BCUT2D eigenvalue weighted by Crippen LogP contribution is 2.35. The Labute approximate surface area is 355 Å². The van der Waals surface area contributed by atoms with E-state index in [1.54, 1.807) is 17.0 Å². The van der Waals surface area contributed by atoms with Gasteiger partial charge in [0, 0.05) is 109 Å². The molecular formula is C50H48N6O5. The van der Waals surface area contributed by atoms with E-state index in [1.807, 2.05) is 30.7 Å². The molecule has 1 N–H and O–H groups in total. The van der Waals surface area contributed by atoms with Gasteiger partial charge in [-0.1, -0.05) is 30.6 Å². The number of amides is 2. The number of carbonyl (C=O) groups is 2. The van der Waals surface area contributed by atoms with Gasteiger partial charge in [0.05, 0.1) is 17.7 Å². The number of benzene rings is 3. The second-order valence-electron chi connectivity index (χ2n) is 16.8. The van der Waals surface area contributed by atoms with Gasteiger partial charge in [0.25, 0.3) is 5.91 Å². The highest BCUT2D eigenvalue weighted by Gasteiger charge is 2.38. The Balaban J connectivity index is 0.671. The maximum atomic E-state index is 13.1. The lowest BCUT2D eigenvalue weighted by Gasteiger charge is -2.40. The summed E-state index contributed by atoms with van der Waals surface area (Å²) < 4.78 is 21.0. The lowest BCUT2D eigenvalue weighted by Crippen LogP contribution is -2.49. The van der Waals surface area contributed by atoms with Crippen LogP contribution in [0.1, 0.15) is 65.6 Å². The molecule has 1 saturated carbocycles. The van der Waals surface area contributed by atoms with Crippen molar-refractivity contribution in [3.8, 4) is 34.6 Å². The van der Waals surface area contributed by atoms with E-state index in [0.29, 0.717) is 42.3 Å². The van der Waals surface area contributed by atoms with Gasteiger partial charge in [-0.25, -0.2) is 4.98 Å². The van der Waals surface area contributed by atoms with Gasteiger partial charge in [-0.15, -0.1) is 0 Å². The Hall–Kier alpha value is -6.64. The zero-order chi connectivity index (χ0) is 41.6. The van der Waals surface area contributed by atoms with Crippen LogP contribution >= 0.6 is 0 Å². The van der Waals surface area contributed by atoms with Gasteiger partial charge in [0.1, 0.15) is 24.5 Å².